The van der Waals surface area contributed by atoms with Crippen molar-refractivity contribution in [2.45, 2.75) is 26.2 Å². The Bertz CT molecular complexity index is 826. The maximum Gasteiger partial charge on any atom is 0.246 e. The fourth-order valence-corrected chi connectivity index (χ4v) is 4.01. The number of piperazine rings is 1. The SMILES string of the molecule is Cc1cc(C)cc(N2CCN(C(=O)[C@@H]3C[C@H]3c3ccccc3)CC2=O)c1. The molecule has 4 rings (SSSR count). The van der Waals surface area contributed by atoms with Gasteiger partial charge >= 0.3 is 0 Å². The minimum atomic E-state index is 0.00603. The Morgan fingerprint density at radius 1 is 1.00 bits per heavy atom. The molecule has 26 heavy (non-hydrogen) atoms. The lowest BCUT2D eigenvalue weighted by Gasteiger charge is -2.34. The van der Waals surface area contributed by atoms with Crippen LogP contribution in [0.4, 0.5) is 5.69 Å². The number of benzene rings is 2. The lowest BCUT2D eigenvalue weighted by Crippen LogP contribution is -2.53. The van der Waals surface area contributed by atoms with Gasteiger partial charge in [0.05, 0.1) is 0 Å². The van der Waals surface area contributed by atoms with Gasteiger partial charge in [-0.25, -0.2) is 0 Å². The van der Waals surface area contributed by atoms with Gasteiger partial charge in [-0.05, 0) is 55.0 Å². The Labute approximate surface area is 154 Å². The van der Waals surface area contributed by atoms with Crippen LogP contribution in [0.15, 0.2) is 48.5 Å². The van der Waals surface area contributed by atoms with Crippen LogP contribution in [0.5, 0.6) is 0 Å². The topological polar surface area (TPSA) is 40.6 Å². The molecule has 0 aromatic heterocycles. The van der Waals surface area contributed by atoms with Gasteiger partial charge < -0.3 is 9.80 Å². The predicted octanol–water partition coefficient (Wildman–Crippen LogP) is 3.28. The summed E-state index contributed by atoms with van der Waals surface area (Å²) >= 11 is 0. The second-order valence-corrected chi connectivity index (χ2v) is 7.51. The molecule has 0 bridgehead atoms. The van der Waals surface area contributed by atoms with Crippen molar-refractivity contribution >= 4 is 17.5 Å². The molecule has 2 atom stereocenters. The Kier molecular flexibility index (Phi) is 4.27. The van der Waals surface area contributed by atoms with Crippen molar-refractivity contribution in [3.05, 3.63) is 65.2 Å². The third kappa shape index (κ3) is 3.24. The first-order chi connectivity index (χ1) is 12.5. The van der Waals surface area contributed by atoms with Gasteiger partial charge in [0.1, 0.15) is 6.54 Å². The molecule has 1 saturated heterocycles. The quantitative estimate of drug-likeness (QED) is 0.854. The minimum absolute atomic E-state index is 0.00603. The van der Waals surface area contributed by atoms with Crippen molar-refractivity contribution in [3.8, 4) is 0 Å². The van der Waals surface area contributed by atoms with E-state index in [0.29, 0.717) is 19.0 Å². The number of nitrogens with zero attached hydrogens (tertiary/aromatic N) is 2. The number of rotatable bonds is 3. The highest BCUT2D eigenvalue weighted by molar-refractivity contribution is 5.98. The van der Waals surface area contributed by atoms with Gasteiger partial charge in [-0.15, -0.1) is 0 Å². The van der Waals surface area contributed by atoms with Crippen LogP contribution >= 0.6 is 0 Å². The van der Waals surface area contributed by atoms with Gasteiger partial charge in [0.25, 0.3) is 0 Å². The standard InChI is InChI=1S/C22H24N2O2/c1-15-10-16(2)12-18(11-15)24-9-8-23(14-21(24)25)22(26)20-13-19(20)17-6-4-3-5-7-17/h3-7,10-12,19-20H,8-9,13-14H2,1-2H3/t19-,20+/m0/s1. The Morgan fingerprint density at radius 3 is 2.35 bits per heavy atom. The van der Waals surface area contributed by atoms with E-state index in [-0.39, 0.29) is 24.3 Å². The molecule has 4 nitrogen and oxygen atoms in total. The largest absolute Gasteiger partial charge is 0.331 e. The summed E-state index contributed by atoms with van der Waals surface area (Å²) in [6.07, 6.45) is 0.897. The molecule has 4 heteroatoms. The molecule has 1 aliphatic heterocycles. The average molecular weight is 348 g/mol. The van der Waals surface area contributed by atoms with E-state index in [9.17, 15) is 9.59 Å². The summed E-state index contributed by atoms with van der Waals surface area (Å²) in [5.41, 5.74) is 4.46. The Hall–Kier alpha value is -2.62. The molecule has 0 spiro atoms. The van der Waals surface area contributed by atoms with Crippen LogP contribution < -0.4 is 4.90 Å². The highest BCUT2D eigenvalue weighted by Gasteiger charge is 2.46. The van der Waals surface area contributed by atoms with Gasteiger partial charge in [-0.3, -0.25) is 9.59 Å². The van der Waals surface area contributed by atoms with E-state index in [0.717, 1.165) is 23.2 Å². The molecule has 2 aromatic rings. The van der Waals surface area contributed by atoms with Crippen LogP contribution in [0, 0.1) is 19.8 Å². The summed E-state index contributed by atoms with van der Waals surface area (Å²) < 4.78 is 0. The Morgan fingerprint density at radius 2 is 1.69 bits per heavy atom. The number of aryl methyl sites for hydroxylation is 2. The molecule has 1 saturated carbocycles. The maximum absolute atomic E-state index is 12.8. The number of amides is 2. The van der Waals surface area contributed by atoms with E-state index in [1.807, 2.05) is 49.1 Å². The van der Waals surface area contributed by atoms with Gasteiger partial charge in [0.15, 0.2) is 0 Å². The first-order valence-electron chi connectivity index (χ1n) is 9.25. The normalized spacial score (nSPS) is 22.5. The Balaban J connectivity index is 1.41. The van der Waals surface area contributed by atoms with Crippen LogP contribution in [-0.4, -0.2) is 36.3 Å². The molecule has 0 N–H and O–H groups in total. The lowest BCUT2D eigenvalue weighted by molar-refractivity contribution is -0.138. The van der Waals surface area contributed by atoms with E-state index in [1.165, 1.54) is 5.56 Å². The fourth-order valence-electron chi connectivity index (χ4n) is 4.01. The average Bonchev–Trinajstić information content (AvgIpc) is 3.41. The third-order valence-electron chi connectivity index (χ3n) is 5.39. The zero-order valence-electron chi connectivity index (χ0n) is 15.3. The molecule has 1 heterocycles. The van der Waals surface area contributed by atoms with Gasteiger partial charge in [0.2, 0.25) is 11.8 Å². The van der Waals surface area contributed by atoms with Crippen LogP contribution in [0.3, 0.4) is 0 Å². The third-order valence-corrected chi connectivity index (χ3v) is 5.39. The molecule has 2 fully saturated rings. The van der Waals surface area contributed by atoms with Crippen molar-refractivity contribution < 1.29 is 9.59 Å². The molecule has 134 valence electrons. The monoisotopic (exact) mass is 348 g/mol. The molecule has 1 aliphatic carbocycles. The zero-order chi connectivity index (χ0) is 18.3. The van der Waals surface area contributed by atoms with Crippen LogP contribution in [0.1, 0.15) is 29.0 Å². The van der Waals surface area contributed by atoms with E-state index >= 15 is 0 Å². The predicted molar refractivity (Wildman–Crippen MR) is 102 cm³/mol. The summed E-state index contributed by atoms with van der Waals surface area (Å²) in [4.78, 5) is 29.0. The highest BCUT2D eigenvalue weighted by Crippen LogP contribution is 2.48. The molecule has 2 amide bonds. The molecular weight excluding hydrogens is 324 g/mol. The zero-order valence-corrected chi connectivity index (χ0v) is 15.3. The summed E-state index contributed by atoms with van der Waals surface area (Å²) in [7, 11) is 0. The number of carbonyl (C=O) groups excluding carboxylic acids is 2. The van der Waals surface area contributed by atoms with Gasteiger partial charge in [0, 0.05) is 24.7 Å². The molecule has 0 unspecified atom stereocenters. The number of hydrogen-bond donors (Lipinski definition) is 0. The number of hydrogen-bond acceptors (Lipinski definition) is 2. The first kappa shape index (κ1) is 16.8. The number of anilines is 1. The second kappa shape index (κ2) is 6.60. The maximum atomic E-state index is 12.8. The van der Waals surface area contributed by atoms with Crippen molar-refractivity contribution in [2.75, 3.05) is 24.5 Å². The summed E-state index contributed by atoms with van der Waals surface area (Å²) in [6, 6.07) is 16.4. The van der Waals surface area contributed by atoms with Gasteiger partial charge in [-0.2, -0.15) is 0 Å². The van der Waals surface area contributed by atoms with Crippen molar-refractivity contribution in [1.82, 2.24) is 4.90 Å². The summed E-state index contributed by atoms with van der Waals surface area (Å²) in [5.74, 6) is 0.494. The summed E-state index contributed by atoms with van der Waals surface area (Å²) in [5, 5.41) is 0. The van der Waals surface area contributed by atoms with Crippen molar-refractivity contribution in [1.29, 1.82) is 0 Å². The highest BCUT2D eigenvalue weighted by atomic mass is 16.2. The van der Waals surface area contributed by atoms with E-state index < -0.39 is 0 Å². The lowest BCUT2D eigenvalue weighted by atomic mass is 10.1. The molecule has 0 radical (unpaired) electrons. The van der Waals surface area contributed by atoms with Crippen molar-refractivity contribution in [2.24, 2.45) is 5.92 Å². The molecule has 2 aliphatic rings. The minimum Gasteiger partial charge on any atom is -0.331 e. The van der Waals surface area contributed by atoms with E-state index in [1.54, 1.807) is 4.90 Å². The van der Waals surface area contributed by atoms with Crippen LogP contribution in [0.2, 0.25) is 0 Å². The first-order valence-corrected chi connectivity index (χ1v) is 9.25. The number of carbonyl (C=O) groups is 2. The van der Waals surface area contributed by atoms with E-state index in [2.05, 4.69) is 18.2 Å². The smallest absolute Gasteiger partial charge is 0.246 e. The van der Waals surface area contributed by atoms with E-state index in [4.69, 9.17) is 0 Å². The van der Waals surface area contributed by atoms with Gasteiger partial charge in [-0.1, -0.05) is 36.4 Å². The molecule has 2 aromatic carbocycles. The van der Waals surface area contributed by atoms with Crippen LogP contribution in [0.25, 0.3) is 0 Å². The fraction of sp³-hybridized carbons (Fsp3) is 0.364. The van der Waals surface area contributed by atoms with Crippen molar-refractivity contribution in [3.63, 3.8) is 0 Å². The van der Waals surface area contributed by atoms with Crippen LogP contribution in [-0.2, 0) is 9.59 Å². The summed E-state index contributed by atoms with van der Waals surface area (Å²) in [6.45, 7) is 5.44. The molecular formula is C22H24N2O2. The second-order valence-electron chi connectivity index (χ2n) is 7.51.